The van der Waals surface area contributed by atoms with Crippen LogP contribution in [0.5, 0.6) is 0 Å². The van der Waals surface area contributed by atoms with E-state index in [-0.39, 0.29) is 5.54 Å². The lowest BCUT2D eigenvalue weighted by Crippen LogP contribution is -2.62. The predicted octanol–water partition coefficient (Wildman–Crippen LogP) is 7.74. The minimum atomic E-state index is -1.67. The molecule has 3 aliphatic carbocycles. The van der Waals surface area contributed by atoms with Crippen molar-refractivity contribution in [1.82, 2.24) is 0 Å². The molecular weight excluding hydrogens is 354 g/mol. The molecule has 3 fully saturated rings. The minimum Gasteiger partial charge on any atom is -0.393 e. The van der Waals surface area contributed by atoms with E-state index >= 15 is 0 Å². The van der Waals surface area contributed by atoms with E-state index in [1.807, 2.05) is 0 Å². The standard InChI is InChI=1S/C26H43NSi/c1-19-18-24-22-15-11-10-12-20(22)16-17-23(24)25(19)28(5,6)27(26(2,3)4)21-13-8-7-9-14-21/h7-9,13-14,19-20,22-25H,10-12,15-18H2,1-6H3. The zero-order valence-corrected chi connectivity index (χ0v) is 20.2. The summed E-state index contributed by atoms with van der Waals surface area (Å²) in [6.45, 7) is 15.3. The minimum absolute atomic E-state index is 0.178. The zero-order valence-electron chi connectivity index (χ0n) is 19.2. The summed E-state index contributed by atoms with van der Waals surface area (Å²) in [6, 6.07) is 11.3. The Balaban J connectivity index is 1.67. The van der Waals surface area contributed by atoms with Gasteiger partial charge in [-0.3, -0.25) is 0 Å². The molecule has 1 aromatic carbocycles. The van der Waals surface area contributed by atoms with Gasteiger partial charge in [-0.15, -0.1) is 0 Å². The van der Waals surface area contributed by atoms with Gasteiger partial charge in [0, 0.05) is 11.2 Å². The molecule has 0 aromatic heterocycles. The molecule has 3 aliphatic rings. The van der Waals surface area contributed by atoms with E-state index in [4.69, 9.17) is 0 Å². The third-order valence-corrected chi connectivity index (χ3v) is 13.4. The molecule has 0 amide bonds. The van der Waals surface area contributed by atoms with Gasteiger partial charge < -0.3 is 4.57 Å². The summed E-state index contributed by atoms with van der Waals surface area (Å²) < 4.78 is 2.90. The van der Waals surface area contributed by atoms with Crippen LogP contribution in [-0.4, -0.2) is 13.8 Å². The number of nitrogens with zero attached hydrogens (tertiary/aromatic N) is 1. The molecular formula is C26H43NSi. The van der Waals surface area contributed by atoms with E-state index in [1.54, 1.807) is 0 Å². The SMILES string of the molecule is CC1CC2C3CCCCC3CCC2C1[Si](C)(C)N(c1ccccc1)C(C)(C)C. The highest BCUT2D eigenvalue weighted by atomic mass is 28.3. The van der Waals surface area contributed by atoms with Crippen LogP contribution in [0.4, 0.5) is 5.69 Å². The summed E-state index contributed by atoms with van der Waals surface area (Å²) in [5.74, 6) is 5.04. The van der Waals surface area contributed by atoms with Gasteiger partial charge in [0.15, 0.2) is 8.24 Å². The molecule has 0 saturated heterocycles. The topological polar surface area (TPSA) is 3.24 Å². The van der Waals surface area contributed by atoms with Crippen LogP contribution in [0.15, 0.2) is 30.3 Å². The fourth-order valence-corrected chi connectivity index (χ4v) is 14.3. The molecule has 156 valence electrons. The second-order valence-electron chi connectivity index (χ2n) is 11.8. The number of fused-ring (bicyclic) bond motifs is 3. The first-order chi connectivity index (χ1) is 13.2. The van der Waals surface area contributed by atoms with Crippen molar-refractivity contribution < 1.29 is 0 Å². The van der Waals surface area contributed by atoms with Crippen LogP contribution in [0.3, 0.4) is 0 Å². The molecule has 0 radical (unpaired) electrons. The van der Waals surface area contributed by atoms with E-state index < -0.39 is 8.24 Å². The average molecular weight is 398 g/mol. The second-order valence-corrected chi connectivity index (χ2v) is 16.3. The van der Waals surface area contributed by atoms with Gasteiger partial charge in [0.2, 0.25) is 0 Å². The van der Waals surface area contributed by atoms with Gasteiger partial charge in [0.25, 0.3) is 0 Å². The van der Waals surface area contributed by atoms with Crippen LogP contribution in [0.1, 0.15) is 72.6 Å². The lowest BCUT2D eigenvalue weighted by atomic mass is 9.62. The third-order valence-electron chi connectivity index (χ3n) is 8.73. The predicted molar refractivity (Wildman–Crippen MR) is 125 cm³/mol. The average Bonchev–Trinajstić information content (AvgIpc) is 2.98. The van der Waals surface area contributed by atoms with E-state index in [2.05, 4.69) is 75.7 Å². The molecule has 0 aliphatic heterocycles. The Morgan fingerprint density at radius 1 is 0.857 bits per heavy atom. The Morgan fingerprint density at radius 2 is 1.54 bits per heavy atom. The first kappa shape index (κ1) is 20.5. The lowest BCUT2D eigenvalue weighted by molar-refractivity contribution is 0.0720. The van der Waals surface area contributed by atoms with Gasteiger partial charge in [-0.25, -0.2) is 0 Å². The summed E-state index contributed by atoms with van der Waals surface area (Å²) >= 11 is 0. The third kappa shape index (κ3) is 3.48. The van der Waals surface area contributed by atoms with Crippen molar-refractivity contribution >= 4 is 13.9 Å². The number of anilines is 1. The Kier molecular flexibility index (Phi) is 5.48. The molecule has 2 heteroatoms. The fraction of sp³-hybridized carbons (Fsp3) is 0.769. The van der Waals surface area contributed by atoms with Crippen molar-refractivity contribution in [2.45, 2.75) is 96.8 Å². The summed E-state index contributed by atoms with van der Waals surface area (Å²) in [5.41, 5.74) is 2.56. The van der Waals surface area contributed by atoms with E-state index in [1.165, 1.54) is 50.6 Å². The van der Waals surface area contributed by atoms with E-state index in [0.717, 1.165) is 35.1 Å². The quantitative estimate of drug-likeness (QED) is 0.471. The van der Waals surface area contributed by atoms with Crippen LogP contribution < -0.4 is 4.57 Å². The van der Waals surface area contributed by atoms with Crippen molar-refractivity contribution in [3.8, 4) is 0 Å². The largest absolute Gasteiger partial charge is 0.393 e. The highest BCUT2D eigenvalue weighted by molar-refractivity contribution is 6.82. The smallest absolute Gasteiger partial charge is 0.154 e. The van der Waals surface area contributed by atoms with E-state index in [9.17, 15) is 0 Å². The lowest BCUT2D eigenvalue weighted by Gasteiger charge is -2.54. The monoisotopic (exact) mass is 397 g/mol. The highest BCUT2D eigenvalue weighted by Gasteiger charge is 2.56. The summed E-state index contributed by atoms with van der Waals surface area (Å²) in [4.78, 5) is 0. The fourth-order valence-electron chi connectivity index (χ4n) is 8.42. The van der Waals surface area contributed by atoms with Crippen molar-refractivity contribution in [2.24, 2.45) is 29.6 Å². The van der Waals surface area contributed by atoms with Gasteiger partial charge in [0.05, 0.1) is 0 Å². The highest BCUT2D eigenvalue weighted by Crippen LogP contribution is 2.61. The molecule has 3 saturated carbocycles. The van der Waals surface area contributed by atoms with Crippen molar-refractivity contribution in [3.05, 3.63) is 30.3 Å². The maximum atomic E-state index is 2.90. The molecule has 28 heavy (non-hydrogen) atoms. The molecule has 0 N–H and O–H groups in total. The van der Waals surface area contributed by atoms with Gasteiger partial charge >= 0.3 is 0 Å². The maximum Gasteiger partial charge on any atom is 0.154 e. The Morgan fingerprint density at radius 3 is 2.21 bits per heavy atom. The number of benzene rings is 1. The summed E-state index contributed by atoms with van der Waals surface area (Å²) in [7, 11) is -1.67. The van der Waals surface area contributed by atoms with E-state index in [0.29, 0.717) is 0 Å². The van der Waals surface area contributed by atoms with Crippen molar-refractivity contribution in [2.75, 3.05) is 4.57 Å². The first-order valence-electron chi connectivity index (χ1n) is 12.1. The Bertz CT molecular complexity index is 661. The molecule has 6 unspecified atom stereocenters. The van der Waals surface area contributed by atoms with Crippen LogP contribution >= 0.6 is 0 Å². The number of hydrogen-bond acceptors (Lipinski definition) is 1. The summed E-state index contributed by atoms with van der Waals surface area (Å²) in [6.07, 6.45) is 10.6. The normalized spacial score (nSPS) is 35.9. The maximum absolute atomic E-state index is 2.90. The molecule has 4 rings (SSSR count). The molecule has 1 aromatic rings. The van der Waals surface area contributed by atoms with Gasteiger partial charge in [-0.1, -0.05) is 57.5 Å². The number of rotatable bonds is 3. The Labute approximate surface area is 175 Å². The zero-order chi connectivity index (χ0) is 20.1. The van der Waals surface area contributed by atoms with Crippen molar-refractivity contribution in [1.29, 1.82) is 0 Å². The van der Waals surface area contributed by atoms with Crippen molar-refractivity contribution in [3.63, 3.8) is 0 Å². The second kappa shape index (κ2) is 7.49. The molecule has 0 heterocycles. The van der Waals surface area contributed by atoms with Crippen LogP contribution in [0.2, 0.25) is 18.6 Å². The molecule has 0 spiro atoms. The van der Waals surface area contributed by atoms with Crippen LogP contribution in [0, 0.1) is 29.6 Å². The Hall–Kier alpha value is -0.763. The van der Waals surface area contributed by atoms with Gasteiger partial charge in [-0.2, -0.15) is 0 Å². The van der Waals surface area contributed by atoms with Crippen LogP contribution in [-0.2, 0) is 0 Å². The number of para-hydroxylation sites is 1. The molecule has 6 atom stereocenters. The number of hydrogen-bond donors (Lipinski definition) is 0. The van der Waals surface area contributed by atoms with Crippen LogP contribution in [0.25, 0.3) is 0 Å². The first-order valence-corrected chi connectivity index (χ1v) is 15.1. The molecule has 0 bridgehead atoms. The molecule has 1 nitrogen and oxygen atoms in total. The van der Waals surface area contributed by atoms with Gasteiger partial charge in [0.1, 0.15) is 0 Å². The van der Waals surface area contributed by atoms with Gasteiger partial charge in [-0.05, 0) is 93.7 Å². The summed E-state index contributed by atoms with van der Waals surface area (Å²) in [5, 5.41) is 0.